The predicted molar refractivity (Wildman–Crippen MR) is 108 cm³/mol. The summed E-state index contributed by atoms with van der Waals surface area (Å²) in [5.41, 5.74) is 3.65. The summed E-state index contributed by atoms with van der Waals surface area (Å²) in [6.45, 7) is 0. The van der Waals surface area contributed by atoms with Gasteiger partial charge in [-0.25, -0.2) is 9.97 Å². The van der Waals surface area contributed by atoms with E-state index in [9.17, 15) is 4.39 Å². The van der Waals surface area contributed by atoms with Crippen molar-refractivity contribution in [3.8, 4) is 0 Å². The Morgan fingerprint density at radius 3 is 2.93 bits per heavy atom. The van der Waals surface area contributed by atoms with E-state index in [-0.39, 0.29) is 5.95 Å². The van der Waals surface area contributed by atoms with Crippen LogP contribution in [-0.2, 0) is 6.42 Å². The van der Waals surface area contributed by atoms with E-state index in [1.807, 2.05) is 6.07 Å². The molecule has 0 radical (unpaired) electrons. The molecule has 0 saturated heterocycles. The lowest BCUT2D eigenvalue weighted by Gasteiger charge is -2.22. The minimum Gasteiger partial charge on any atom is -0.359 e. The normalized spacial score (nSPS) is 15.6. The molecule has 1 aliphatic rings. The van der Waals surface area contributed by atoms with Crippen LogP contribution < -0.4 is 5.32 Å². The Bertz CT molecular complexity index is 1090. The van der Waals surface area contributed by atoms with Crippen molar-refractivity contribution in [3.05, 3.63) is 59.8 Å². The molecule has 4 nitrogen and oxygen atoms in total. The van der Waals surface area contributed by atoms with E-state index in [1.54, 1.807) is 28.0 Å². The topological polar surface area (TPSA) is 42.2 Å². The standard InChI is InChI=1S/C21H21FN4S/c22-19-7-4-8-20-23-13-16(26(19)20)11-14-9-10-17-18(12-14)27-21(25-17)24-15-5-2-1-3-6-15/h4,7-10,12-13,15H,1-3,5-6,11H2,(H,24,25). The van der Waals surface area contributed by atoms with E-state index in [0.29, 0.717) is 18.1 Å². The number of pyridine rings is 1. The molecule has 0 bridgehead atoms. The number of hydrogen-bond donors (Lipinski definition) is 1. The number of hydrogen-bond acceptors (Lipinski definition) is 4. The van der Waals surface area contributed by atoms with E-state index in [1.165, 1.54) is 42.9 Å². The lowest BCUT2D eigenvalue weighted by Crippen LogP contribution is -2.21. The second-order valence-electron chi connectivity index (χ2n) is 7.27. The molecule has 27 heavy (non-hydrogen) atoms. The van der Waals surface area contributed by atoms with Crippen LogP contribution in [0.25, 0.3) is 15.9 Å². The first kappa shape index (κ1) is 16.7. The molecular formula is C21H21FN4S. The van der Waals surface area contributed by atoms with Gasteiger partial charge < -0.3 is 5.32 Å². The second kappa shape index (κ2) is 6.93. The third-order valence-electron chi connectivity index (χ3n) is 5.33. The van der Waals surface area contributed by atoms with Gasteiger partial charge in [0.1, 0.15) is 5.65 Å². The maximum absolute atomic E-state index is 14.2. The highest BCUT2D eigenvalue weighted by Gasteiger charge is 2.15. The van der Waals surface area contributed by atoms with Gasteiger partial charge in [-0.15, -0.1) is 0 Å². The van der Waals surface area contributed by atoms with Crippen molar-refractivity contribution in [1.29, 1.82) is 0 Å². The van der Waals surface area contributed by atoms with Gasteiger partial charge in [-0.05, 0) is 42.7 Å². The fourth-order valence-electron chi connectivity index (χ4n) is 3.95. The maximum Gasteiger partial charge on any atom is 0.199 e. The Morgan fingerprint density at radius 2 is 2.04 bits per heavy atom. The summed E-state index contributed by atoms with van der Waals surface area (Å²) in [4.78, 5) is 9.05. The molecule has 0 atom stereocenters. The Balaban J connectivity index is 1.40. The van der Waals surface area contributed by atoms with Crippen LogP contribution in [0.4, 0.5) is 9.52 Å². The summed E-state index contributed by atoms with van der Waals surface area (Å²) in [6, 6.07) is 11.8. The smallest absolute Gasteiger partial charge is 0.199 e. The first-order valence-electron chi connectivity index (χ1n) is 9.53. The number of nitrogens with one attached hydrogen (secondary N) is 1. The number of halogens is 1. The van der Waals surface area contributed by atoms with Gasteiger partial charge in [0.15, 0.2) is 11.1 Å². The van der Waals surface area contributed by atoms with Gasteiger partial charge in [0.25, 0.3) is 0 Å². The van der Waals surface area contributed by atoms with E-state index in [0.717, 1.165) is 21.9 Å². The van der Waals surface area contributed by atoms with Crippen molar-refractivity contribution in [2.75, 3.05) is 5.32 Å². The first-order valence-corrected chi connectivity index (χ1v) is 10.3. The Morgan fingerprint density at radius 1 is 1.15 bits per heavy atom. The van der Waals surface area contributed by atoms with Gasteiger partial charge in [-0.3, -0.25) is 4.40 Å². The lowest BCUT2D eigenvalue weighted by atomic mass is 9.96. The molecule has 1 fully saturated rings. The van der Waals surface area contributed by atoms with Crippen LogP contribution in [0.3, 0.4) is 0 Å². The SMILES string of the molecule is Fc1cccc2ncc(Cc3ccc4nc(NC5CCCCC5)sc4c3)n12. The van der Waals surface area contributed by atoms with E-state index in [4.69, 9.17) is 4.98 Å². The number of fused-ring (bicyclic) bond motifs is 2. The molecule has 6 heteroatoms. The Labute approximate surface area is 161 Å². The third-order valence-corrected chi connectivity index (χ3v) is 6.28. The number of imidazole rings is 1. The minimum atomic E-state index is -0.280. The molecule has 1 aromatic carbocycles. The maximum atomic E-state index is 14.2. The molecule has 1 saturated carbocycles. The van der Waals surface area contributed by atoms with Gasteiger partial charge in [0, 0.05) is 24.4 Å². The molecule has 0 aliphatic heterocycles. The van der Waals surface area contributed by atoms with Crippen molar-refractivity contribution in [3.63, 3.8) is 0 Å². The van der Waals surface area contributed by atoms with Crippen LogP contribution in [0.5, 0.6) is 0 Å². The van der Waals surface area contributed by atoms with E-state index >= 15 is 0 Å². The average Bonchev–Trinajstić information content (AvgIpc) is 3.27. The van der Waals surface area contributed by atoms with Gasteiger partial charge in [0.2, 0.25) is 0 Å². The lowest BCUT2D eigenvalue weighted by molar-refractivity contribution is 0.462. The Kier molecular flexibility index (Phi) is 4.28. The summed E-state index contributed by atoms with van der Waals surface area (Å²) in [5.74, 6) is -0.280. The fraction of sp³-hybridized carbons (Fsp3) is 0.333. The molecule has 0 unspecified atom stereocenters. The molecule has 0 amide bonds. The van der Waals surface area contributed by atoms with Crippen molar-refractivity contribution in [2.24, 2.45) is 0 Å². The van der Waals surface area contributed by atoms with Crippen LogP contribution >= 0.6 is 11.3 Å². The van der Waals surface area contributed by atoms with Gasteiger partial charge in [-0.2, -0.15) is 4.39 Å². The summed E-state index contributed by atoms with van der Waals surface area (Å²) < 4.78 is 16.9. The highest BCUT2D eigenvalue weighted by Crippen LogP contribution is 2.30. The third kappa shape index (κ3) is 3.30. The summed E-state index contributed by atoms with van der Waals surface area (Å²) >= 11 is 1.71. The monoisotopic (exact) mass is 380 g/mol. The zero-order valence-corrected chi connectivity index (χ0v) is 15.8. The Hall–Kier alpha value is -2.47. The predicted octanol–water partition coefficient (Wildman–Crippen LogP) is 5.42. The highest BCUT2D eigenvalue weighted by atomic mass is 32.1. The van der Waals surface area contributed by atoms with E-state index < -0.39 is 0 Å². The van der Waals surface area contributed by atoms with Gasteiger partial charge in [-0.1, -0.05) is 42.7 Å². The van der Waals surface area contributed by atoms with Crippen LogP contribution in [-0.4, -0.2) is 20.4 Å². The van der Waals surface area contributed by atoms with Crippen LogP contribution in [0.15, 0.2) is 42.6 Å². The van der Waals surface area contributed by atoms with E-state index in [2.05, 4.69) is 28.5 Å². The van der Waals surface area contributed by atoms with Crippen molar-refractivity contribution in [1.82, 2.24) is 14.4 Å². The van der Waals surface area contributed by atoms with Crippen molar-refractivity contribution >= 4 is 32.3 Å². The van der Waals surface area contributed by atoms with Crippen LogP contribution in [0.1, 0.15) is 43.4 Å². The molecule has 4 aromatic rings. The first-order chi connectivity index (χ1) is 13.3. The molecule has 1 aliphatic carbocycles. The second-order valence-corrected chi connectivity index (χ2v) is 8.30. The molecule has 3 heterocycles. The average molecular weight is 380 g/mol. The molecule has 1 N–H and O–H groups in total. The zero-order valence-electron chi connectivity index (χ0n) is 15.0. The minimum absolute atomic E-state index is 0.280. The number of rotatable bonds is 4. The number of thiazole rings is 1. The summed E-state index contributed by atoms with van der Waals surface area (Å²) in [7, 11) is 0. The van der Waals surface area contributed by atoms with Crippen LogP contribution in [0, 0.1) is 5.95 Å². The largest absolute Gasteiger partial charge is 0.359 e. The zero-order chi connectivity index (χ0) is 18.2. The van der Waals surface area contributed by atoms with Crippen molar-refractivity contribution < 1.29 is 4.39 Å². The van der Waals surface area contributed by atoms with Crippen LogP contribution in [0.2, 0.25) is 0 Å². The number of nitrogens with zero attached hydrogens (tertiary/aromatic N) is 3. The van der Waals surface area contributed by atoms with Crippen molar-refractivity contribution in [2.45, 2.75) is 44.6 Å². The molecule has 138 valence electrons. The number of aromatic nitrogens is 3. The van der Waals surface area contributed by atoms with Gasteiger partial charge >= 0.3 is 0 Å². The number of benzene rings is 1. The molecule has 0 spiro atoms. The highest BCUT2D eigenvalue weighted by molar-refractivity contribution is 7.22. The molecule has 3 aromatic heterocycles. The molecular weight excluding hydrogens is 359 g/mol. The quantitative estimate of drug-likeness (QED) is 0.481. The summed E-state index contributed by atoms with van der Waals surface area (Å²) in [5, 5.41) is 4.62. The van der Waals surface area contributed by atoms with Gasteiger partial charge in [0.05, 0.1) is 10.2 Å². The fourth-order valence-corrected chi connectivity index (χ4v) is 4.96. The number of anilines is 1. The molecule has 5 rings (SSSR count). The summed E-state index contributed by atoms with van der Waals surface area (Å²) in [6.07, 6.45) is 8.84.